The number of amides is 1. The van der Waals surface area contributed by atoms with Gasteiger partial charge in [-0.3, -0.25) is 4.79 Å². The molecule has 1 fully saturated rings. The van der Waals surface area contributed by atoms with E-state index in [4.69, 9.17) is 19.2 Å². The molecule has 4 aromatic rings. The molecule has 4 heterocycles. The topological polar surface area (TPSA) is 87.0 Å². The van der Waals surface area contributed by atoms with Crippen LogP contribution in [0.25, 0.3) is 5.65 Å². The van der Waals surface area contributed by atoms with E-state index in [1.54, 1.807) is 24.4 Å². The zero-order valence-electron chi connectivity index (χ0n) is 18.9. The minimum Gasteiger partial charge on any atom is -0.488 e. The van der Waals surface area contributed by atoms with Crippen molar-refractivity contribution in [2.24, 2.45) is 0 Å². The van der Waals surface area contributed by atoms with Crippen LogP contribution in [0.1, 0.15) is 40.4 Å². The Bertz CT molecular complexity index is 1280. The highest BCUT2D eigenvalue weighted by Gasteiger charge is 2.21. The number of methoxy groups -OCH3 is 1. The maximum Gasteiger partial charge on any atom is 0.262 e. The lowest BCUT2D eigenvalue weighted by molar-refractivity contribution is 0.0846. The molecule has 8 heteroatoms. The first-order valence-corrected chi connectivity index (χ1v) is 11.3. The van der Waals surface area contributed by atoms with Gasteiger partial charge in [-0.05, 0) is 24.5 Å². The molecule has 174 valence electrons. The second kappa shape index (κ2) is 9.93. The van der Waals surface area contributed by atoms with E-state index in [0.29, 0.717) is 35.5 Å². The molecule has 34 heavy (non-hydrogen) atoms. The zero-order chi connectivity index (χ0) is 23.3. The fourth-order valence-corrected chi connectivity index (χ4v) is 4.03. The average molecular weight is 459 g/mol. The van der Waals surface area contributed by atoms with Crippen LogP contribution in [0, 0.1) is 0 Å². The predicted molar refractivity (Wildman–Crippen MR) is 128 cm³/mol. The van der Waals surface area contributed by atoms with Crippen LogP contribution in [0.5, 0.6) is 11.6 Å². The van der Waals surface area contributed by atoms with E-state index < -0.39 is 0 Å². The quantitative estimate of drug-likeness (QED) is 0.440. The molecule has 1 N–H and O–H groups in total. The lowest BCUT2D eigenvalue weighted by atomic mass is 9.97. The number of benzene rings is 1. The molecule has 0 aliphatic carbocycles. The Morgan fingerprint density at radius 1 is 1.09 bits per heavy atom. The van der Waals surface area contributed by atoms with Crippen LogP contribution in [0.2, 0.25) is 0 Å². The average Bonchev–Trinajstić information content (AvgIpc) is 3.31. The monoisotopic (exact) mass is 458 g/mol. The summed E-state index contributed by atoms with van der Waals surface area (Å²) in [7, 11) is 1.53. The molecule has 0 unspecified atom stereocenters. The Hall–Kier alpha value is -3.91. The minimum atomic E-state index is -0.327. The SMILES string of the molecule is COc1cccc(NC(=O)c2cn3cc(C4CCOCC4)nc3cc2OCc2ccccc2)n1. The number of ether oxygens (including phenoxy) is 3. The van der Waals surface area contributed by atoms with Gasteiger partial charge in [-0.25, -0.2) is 4.98 Å². The summed E-state index contributed by atoms with van der Waals surface area (Å²) in [6, 6.07) is 16.9. The molecule has 5 rings (SSSR count). The zero-order valence-corrected chi connectivity index (χ0v) is 18.9. The van der Waals surface area contributed by atoms with Gasteiger partial charge in [0.05, 0.1) is 18.4 Å². The number of hydrogen-bond acceptors (Lipinski definition) is 6. The summed E-state index contributed by atoms with van der Waals surface area (Å²) in [6.07, 6.45) is 5.64. The van der Waals surface area contributed by atoms with Crippen molar-refractivity contribution in [2.45, 2.75) is 25.4 Å². The van der Waals surface area contributed by atoms with Gasteiger partial charge in [0.1, 0.15) is 23.8 Å². The number of nitrogens with one attached hydrogen (secondary N) is 1. The number of nitrogens with zero attached hydrogens (tertiary/aromatic N) is 3. The summed E-state index contributed by atoms with van der Waals surface area (Å²) in [6.45, 7) is 1.82. The number of hydrogen-bond donors (Lipinski definition) is 1. The Balaban J connectivity index is 1.47. The first-order chi connectivity index (χ1) is 16.7. The molecule has 1 saturated heterocycles. The molecule has 8 nitrogen and oxygen atoms in total. The maximum absolute atomic E-state index is 13.3. The van der Waals surface area contributed by atoms with Crippen molar-refractivity contribution in [2.75, 3.05) is 25.6 Å². The van der Waals surface area contributed by atoms with E-state index in [2.05, 4.69) is 10.3 Å². The smallest absolute Gasteiger partial charge is 0.262 e. The molecule has 1 aliphatic rings. The van der Waals surface area contributed by atoms with Crippen molar-refractivity contribution < 1.29 is 19.0 Å². The molecule has 0 spiro atoms. The van der Waals surface area contributed by atoms with Crippen molar-refractivity contribution in [3.63, 3.8) is 0 Å². The van der Waals surface area contributed by atoms with Crippen LogP contribution in [0.3, 0.4) is 0 Å². The maximum atomic E-state index is 13.3. The summed E-state index contributed by atoms with van der Waals surface area (Å²) in [5.41, 5.74) is 3.14. The van der Waals surface area contributed by atoms with E-state index in [0.717, 1.165) is 43.0 Å². The van der Waals surface area contributed by atoms with Gasteiger partial charge in [0.15, 0.2) is 0 Å². The molecule has 1 aliphatic heterocycles. The molecule has 1 aromatic carbocycles. The minimum absolute atomic E-state index is 0.327. The number of imidazole rings is 1. The Labute approximate surface area is 197 Å². The van der Waals surface area contributed by atoms with Crippen LogP contribution < -0.4 is 14.8 Å². The Kier molecular flexibility index (Phi) is 6.40. The third kappa shape index (κ3) is 4.87. The first kappa shape index (κ1) is 21.9. The van der Waals surface area contributed by atoms with Crippen LogP contribution in [0.15, 0.2) is 67.0 Å². The lowest BCUT2D eigenvalue weighted by Gasteiger charge is -2.19. The summed E-state index contributed by atoms with van der Waals surface area (Å²) in [4.78, 5) is 22.4. The molecule has 3 aromatic heterocycles. The third-order valence-electron chi connectivity index (χ3n) is 5.87. The summed E-state index contributed by atoms with van der Waals surface area (Å²) >= 11 is 0. The van der Waals surface area contributed by atoms with Gasteiger partial charge in [-0.15, -0.1) is 0 Å². The van der Waals surface area contributed by atoms with Gasteiger partial charge < -0.3 is 23.9 Å². The number of pyridine rings is 2. The fourth-order valence-electron chi connectivity index (χ4n) is 4.03. The van der Waals surface area contributed by atoms with Crippen LogP contribution >= 0.6 is 0 Å². The lowest BCUT2D eigenvalue weighted by Crippen LogP contribution is -2.15. The number of rotatable bonds is 7. The van der Waals surface area contributed by atoms with E-state index in [1.165, 1.54) is 7.11 Å². The Morgan fingerprint density at radius 2 is 1.91 bits per heavy atom. The first-order valence-electron chi connectivity index (χ1n) is 11.3. The number of fused-ring (bicyclic) bond motifs is 1. The van der Waals surface area contributed by atoms with Gasteiger partial charge in [-0.1, -0.05) is 36.4 Å². The molecule has 0 atom stereocenters. The second-order valence-electron chi connectivity index (χ2n) is 8.16. The number of carbonyl (C=O) groups excluding carboxylic acids is 1. The van der Waals surface area contributed by atoms with Crippen LogP contribution in [0.4, 0.5) is 5.82 Å². The van der Waals surface area contributed by atoms with Crippen molar-refractivity contribution in [1.82, 2.24) is 14.4 Å². The predicted octanol–water partition coefficient (Wildman–Crippen LogP) is 4.46. The van der Waals surface area contributed by atoms with Crippen molar-refractivity contribution in [3.05, 3.63) is 83.8 Å². The molecule has 1 amide bonds. The highest BCUT2D eigenvalue weighted by molar-refractivity contribution is 6.05. The summed E-state index contributed by atoms with van der Waals surface area (Å²) < 4.78 is 18.6. The molecular formula is C26H26N4O4. The fraction of sp³-hybridized carbons (Fsp3) is 0.269. The van der Waals surface area contributed by atoms with Gasteiger partial charge in [0.25, 0.3) is 5.91 Å². The molecule has 0 bridgehead atoms. The highest BCUT2D eigenvalue weighted by atomic mass is 16.5. The van der Waals surface area contributed by atoms with Gasteiger partial charge in [0, 0.05) is 43.7 Å². The normalized spacial score (nSPS) is 14.1. The van der Waals surface area contributed by atoms with Crippen molar-refractivity contribution in [3.8, 4) is 11.6 Å². The van der Waals surface area contributed by atoms with Crippen molar-refractivity contribution in [1.29, 1.82) is 0 Å². The third-order valence-corrected chi connectivity index (χ3v) is 5.87. The highest BCUT2D eigenvalue weighted by Crippen LogP contribution is 2.29. The molecule has 0 saturated carbocycles. The molecular weight excluding hydrogens is 432 g/mol. The van der Waals surface area contributed by atoms with Gasteiger partial charge in [-0.2, -0.15) is 4.98 Å². The van der Waals surface area contributed by atoms with Crippen LogP contribution in [-0.2, 0) is 11.3 Å². The number of anilines is 1. The van der Waals surface area contributed by atoms with Crippen molar-refractivity contribution >= 4 is 17.4 Å². The summed E-state index contributed by atoms with van der Waals surface area (Å²) in [5.74, 6) is 1.30. The Morgan fingerprint density at radius 3 is 2.71 bits per heavy atom. The number of aromatic nitrogens is 3. The van der Waals surface area contributed by atoms with E-state index >= 15 is 0 Å². The van der Waals surface area contributed by atoms with E-state index in [9.17, 15) is 4.79 Å². The largest absolute Gasteiger partial charge is 0.488 e. The number of carbonyl (C=O) groups is 1. The summed E-state index contributed by atoms with van der Waals surface area (Å²) in [5, 5.41) is 2.85. The van der Waals surface area contributed by atoms with Crippen LogP contribution in [-0.4, -0.2) is 40.6 Å². The van der Waals surface area contributed by atoms with Gasteiger partial charge >= 0.3 is 0 Å². The van der Waals surface area contributed by atoms with E-state index in [-0.39, 0.29) is 5.91 Å². The second-order valence-corrected chi connectivity index (χ2v) is 8.16. The van der Waals surface area contributed by atoms with Gasteiger partial charge in [0.2, 0.25) is 5.88 Å². The van der Waals surface area contributed by atoms with E-state index in [1.807, 2.05) is 47.0 Å². The standard InChI is InChI=1S/C26H26N4O4/c1-32-25-9-5-8-23(28-25)29-26(31)20-15-30-16-21(19-10-12-33-13-11-19)27-24(30)14-22(20)34-17-18-6-3-2-4-7-18/h2-9,14-16,19H,10-13,17H2,1H3,(H,28,29,31). The molecule has 0 radical (unpaired) electrons.